The molecule has 2 N–H and O–H groups in total. The topological polar surface area (TPSA) is 50.4 Å². The Bertz CT molecular complexity index is 429. The van der Waals surface area contributed by atoms with Crippen molar-refractivity contribution >= 4 is 17.5 Å². The molecule has 5 heteroatoms. The second-order valence-electron chi connectivity index (χ2n) is 4.25. The molecule has 0 unspecified atom stereocenters. The predicted octanol–water partition coefficient (Wildman–Crippen LogP) is 1.75. The van der Waals surface area contributed by atoms with E-state index in [2.05, 4.69) is 10.6 Å². The van der Waals surface area contributed by atoms with Crippen LogP contribution in [-0.4, -0.2) is 32.7 Å². The second kappa shape index (κ2) is 6.18. The fourth-order valence-corrected chi connectivity index (χ4v) is 2.32. The lowest BCUT2D eigenvalue weighted by atomic mass is 10.0. The predicted molar refractivity (Wildman–Crippen MR) is 71.0 cm³/mol. The first-order chi connectivity index (χ1) is 8.72. The molecule has 1 aliphatic heterocycles. The van der Waals surface area contributed by atoms with Gasteiger partial charge < -0.3 is 15.4 Å². The average molecular weight is 269 g/mol. The summed E-state index contributed by atoms with van der Waals surface area (Å²) < 4.78 is 5.51. The highest BCUT2D eigenvalue weighted by Crippen LogP contribution is 2.25. The highest BCUT2D eigenvalue weighted by Gasteiger charge is 2.17. The van der Waals surface area contributed by atoms with Gasteiger partial charge in [-0.1, -0.05) is 17.7 Å². The lowest BCUT2D eigenvalue weighted by Gasteiger charge is -2.17. The maximum absolute atomic E-state index is 11.5. The number of amides is 1. The maximum Gasteiger partial charge on any atom is 0.251 e. The molecule has 18 heavy (non-hydrogen) atoms. The molecule has 0 saturated carbocycles. The van der Waals surface area contributed by atoms with Crippen molar-refractivity contribution in [2.45, 2.75) is 12.5 Å². The minimum Gasteiger partial charge on any atom is -0.379 e. The van der Waals surface area contributed by atoms with Crippen LogP contribution in [0.3, 0.4) is 0 Å². The molecule has 1 amide bonds. The van der Waals surface area contributed by atoms with Gasteiger partial charge in [0, 0.05) is 24.2 Å². The van der Waals surface area contributed by atoms with Crippen molar-refractivity contribution in [1.29, 1.82) is 0 Å². The van der Waals surface area contributed by atoms with E-state index in [0.29, 0.717) is 17.2 Å². The zero-order valence-electron chi connectivity index (χ0n) is 10.3. The lowest BCUT2D eigenvalue weighted by Crippen LogP contribution is -2.24. The number of nitrogens with one attached hydrogen (secondary N) is 2. The Labute approximate surface area is 112 Å². The third kappa shape index (κ3) is 3.02. The van der Waals surface area contributed by atoms with Gasteiger partial charge in [0.15, 0.2) is 0 Å². The summed E-state index contributed by atoms with van der Waals surface area (Å²) >= 11 is 6.24. The van der Waals surface area contributed by atoms with Crippen molar-refractivity contribution in [3.8, 4) is 0 Å². The third-order valence-corrected chi connectivity index (χ3v) is 3.33. The van der Waals surface area contributed by atoms with Crippen molar-refractivity contribution in [3.63, 3.8) is 0 Å². The van der Waals surface area contributed by atoms with Gasteiger partial charge >= 0.3 is 0 Å². The van der Waals surface area contributed by atoms with Crippen LogP contribution in [0.4, 0.5) is 0 Å². The second-order valence-corrected chi connectivity index (χ2v) is 4.66. The molecule has 0 aromatic heterocycles. The fraction of sp³-hybridized carbons (Fsp3) is 0.462. The van der Waals surface area contributed by atoms with E-state index in [1.54, 1.807) is 19.2 Å². The monoisotopic (exact) mass is 268 g/mol. The van der Waals surface area contributed by atoms with Gasteiger partial charge in [-0.2, -0.15) is 0 Å². The SMILES string of the molecule is CNC(=O)c1ccc([C@H]2COCCCN2)c(Cl)c1. The molecule has 0 bridgehead atoms. The molecule has 1 heterocycles. The van der Waals surface area contributed by atoms with Crippen LogP contribution >= 0.6 is 11.6 Å². The number of benzene rings is 1. The van der Waals surface area contributed by atoms with Crippen molar-refractivity contribution in [2.24, 2.45) is 0 Å². The van der Waals surface area contributed by atoms with E-state index in [4.69, 9.17) is 16.3 Å². The molecular weight excluding hydrogens is 252 g/mol. The van der Waals surface area contributed by atoms with Gasteiger partial charge in [-0.05, 0) is 30.7 Å². The molecule has 1 aromatic carbocycles. The van der Waals surface area contributed by atoms with Crippen LogP contribution in [0.1, 0.15) is 28.4 Å². The van der Waals surface area contributed by atoms with Crippen molar-refractivity contribution < 1.29 is 9.53 Å². The number of ether oxygens (including phenoxy) is 1. The Kier molecular flexibility index (Phi) is 4.58. The molecule has 4 nitrogen and oxygen atoms in total. The molecule has 1 atom stereocenters. The summed E-state index contributed by atoms with van der Waals surface area (Å²) in [6, 6.07) is 5.47. The Morgan fingerprint density at radius 1 is 1.56 bits per heavy atom. The number of hydrogen-bond donors (Lipinski definition) is 2. The summed E-state index contributed by atoms with van der Waals surface area (Å²) in [5, 5.41) is 6.57. The molecule has 0 radical (unpaired) electrons. The summed E-state index contributed by atoms with van der Waals surface area (Å²) in [5.41, 5.74) is 1.55. The van der Waals surface area contributed by atoms with E-state index < -0.39 is 0 Å². The highest BCUT2D eigenvalue weighted by molar-refractivity contribution is 6.31. The van der Waals surface area contributed by atoms with Crippen molar-refractivity contribution in [3.05, 3.63) is 34.3 Å². The Hall–Kier alpha value is -1.10. The first-order valence-electron chi connectivity index (χ1n) is 6.05. The smallest absolute Gasteiger partial charge is 0.251 e. The number of halogens is 1. The summed E-state index contributed by atoms with van der Waals surface area (Å²) in [4.78, 5) is 11.5. The quantitative estimate of drug-likeness (QED) is 0.859. The van der Waals surface area contributed by atoms with Crippen molar-refractivity contribution in [1.82, 2.24) is 10.6 Å². The molecular formula is C13H17ClN2O2. The zero-order valence-corrected chi connectivity index (χ0v) is 11.1. The molecule has 0 aliphatic carbocycles. The number of carbonyl (C=O) groups is 1. The Morgan fingerprint density at radius 3 is 3.11 bits per heavy atom. The van der Waals surface area contributed by atoms with Gasteiger partial charge in [0.25, 0.3) is 5.91 Å². The van der Waals surface area contributed by atoms with Crippen LogP contribution in [0.5, 0.6) is 0 Å². The third-order valence-electron chi connectivity index (χ3n) is 3.01. The molecule has 1 aliphatic rings. The minimum atomic E-state index is -0.131. The largest absolute Gasteiger partial charge is 0.379 e. The minimum absolute atomic E-state index is 0.0961. The molecule has 98 valence electrons. The number of carbonyl (C=O) groups excluding carboxylic acids is 1. The van der Waals surface area contributed by atoms with Crippen LogP contribution in [0.15, 0.2) is 18.2 Å². The first kappa shape index (κ1) is 13.3. The fourth-order valence-electron chi connectivity index (χ4n) is 2.01. The van der Waals surface area contributed by atoms with Crippen LogP contribution in [0, 0.1) is 0 Å². The first-order valence-corrected chi connectivity index (χ1v) is 6.43. The molecule has 0 spiro atoms. The standard InChI is InChI=1S/C13H17ClN2O2/c1-15-13(17)9-3-4-10(11(14)7-9)12-8-18-6-2-5-16-12/h3-4,7,12,16H,2,5-6,8H2,1H3,(H,15,17)/t12-/m1/s1. The Morgan fingerprint density at radius 2 is 2.39 bits per heavy atom. The van der Waals surface area contributed by atoms with Gasteiger partial charge in [-0.15, -0.1) is 0 Å². The van der Waals surface area contributed by atoms with E-state index in [1.807, 2.05) is 6.07 Å². The normalized spacial score (nSPS) is 20.2. The zero-order chi connectivity index (χ0) is 13.0. The van der Waals surface area contributed by atoms with Crippen LogP contribution in [-0.2, 0) is 4.74 Å². The average Bonchev–Trinajstić information content (AvgIpc) is 2.66. The van der Waals surface area contributed by atoms with Gasteiger partial charge in [-0.25, -0.2) is 0 Å². The Balaban J connectivity index is 2.20. The van der Waals surface area contributed by atoms with E-state index in [1.165, 1.54) is 0 Å². The van der Waals surface area contributed by atoms with Crippen LogP contribution in [0.2, 0.25) is 5.02 Å². The molecule has 1 fully saturated rings. The molecule has 2 rings (SSSR count). The van der Waals surface area contributed by atoms with Crippen LogP contribution in [0.25, 0.3) is 0 Å². The number of hydrogen-bond acceptors (Lipinski definition) is 3. The summed E-state index contributed by atoms with van der Waals surface area (Å²) in [5.74, 6) is -0.131. The number of rotatable bonds is 2. The highest BCUT2D eigenvalue weighted by atomic mass is 35.5. The van der Waals surface area contributed by atoms with Gasteiger partial charge in [0.1, 0.15) is 0 Å². The van der Waals surface area contributed by atoms with E-state index in [-0.39, 0.29) is 11.9 Å². The molecule has 1 aromatic rings. The summed E-state index contributed by atoms with van der Waals surface area (Å²) in [7, 11) is 1.60. The van der Waals surface area contributed by atoms with Gasteiger partial charge in [0.05, 0.1) is 12.6 Å². The lowest BCUT2D eigenvalue weighted by molar-refractivity contribution is 0.0963. The summed E-state index contributed by atoms with van der Waals surface area (Å²) in [6.45, 7) is 2.30. The summed E-state index contributed by atoms with van der Waals surface area (Å²) in [6.07, 6.45) is 1.00. The molecule has 1 saturated heterocycles. The van der Waals surface area contributed by atoms with E-state index in [0.717, 1.165) is 25.1 Å². The van der Waals surface area contributed by atoms with E-state index in [9.17, 15) is 4.79 Å². The maximum atomic E-state index is 11.5. The van der Waals surface area contributed by atoms with Gasteiger partial charge in [-0.3, -0.25) is 4.79 Å². The van der Waals surface area contributed by atoms with Gasteiger partial charge in [0.2, 0.25) is 0 Å². The van der Waals surface area contributed by atoms with Crippen LogP contribution < -0.4 is 10.6 Å². The van der Waals surface area contributed by atoms with Crippen molar-refractivity contribution in [2.75, 3.05) is 26.8 Å². The van der Waals surface area contributed by atoms with E-state index >= 15 is 0 Å².